The molecule has 0 unspecified atom stereocenters. The number of rotatable bonds is 0. The van der Waals surface area contributed by atoms with Gasteiger partial charge in [0.2, 0.25) is 0 Å². The number of thioether (sulfide) groups is 1. The number of hydrogen-bond acceptors (Lipinski definition) is 3. The summed E-state index contributed by atoms with van der Waals surface area (Å²) in [6.07, 6.45) is 0. The van der Waals surface area contributed by atoms with Crippen LogP contribution >= 0.6 is 24.4 Å². The first-order valence-electron chi connectivity index (χ1n) is 1.11. The topological polar surface area (TPSA) is 47.6 Å². The first kappa shape index (κ1) is 16.4. The summed E-state index contributed by atoms with van der Waals surface area (Å²) < 4.78 is 0.0394. The van der Waals surface area contributed by atoms with Gasteiger partial charge in [-0.05, 0) is 0 Å². The average molecular weight is 166 g/mol. The molecular weight excluding hydrogens is 162 g/mol. The summed E-state index contributed by atoms with van der Waals surface area (Å²) in [5.41, 5.74) is 0. The molecule has 36 valence electrons. The molecule has 0 saturated carbocycles. The Morgan fingerprint density at radius 1 is 1.62 bits per heavy atom. The summed E-state index contributed by atoms with van der Waals surface area (Å²) >= 11 is 4.24. The molecule has 0 aromatic heterocycles. The normalized spacial score (nSPS) is 5.00. The maximum absolute atomic E-state index is 7.76. The van der Waals surface area contributed by atoms with Crippen LogP contribution in [0.2, 0.25) is 0 Å². The van der Waals surface area contributed by atoms with E-state index in [2.05, 4.69) is 12.6 Å². The molecule has 0 aliphatic rings. The van der Waals surface area contributed by atoms with Crippen LogP contribution in [0.5, 0.6) is 0 Å². The van der Waals surface area contributed by atoms with E-state index in [0.29, 0.717) is 0 Å². The van der Waals surface area contributed by atoms with Crippen molar-refractivity contribution in [3.05, 3.63) is 0 Å². The first-order valence-corrected chi connectivity index (χ1v) is 2.37. The molecule has 0 spiro atoms. The van der Waals surface area contributed by atoms with Crippen molar-refractivity contribution in [2.24, 2.45) is 0 Å². The zero-order valence-electron chi connectivity index (χ0n) is 2.80. The van der Waals surface area contributed by atoms with Crippen molar-refractivity contribution in [2.75, 3.05) is 0 Å². The number of nitrogens with zero attached hydrogens (tertiary/aromatic N) is 1. The van der Waals surface area contributed by atoms with Crippen molar-refractivity contribution in [3.8, 4) is 5.40 Å². The van der Waals surface area contributed by atoms with E-state index in [-0.39, 0.29) is 63.5 Å². The molecule has 0 rings (SSSR count). The van der Waals surface area contributed by atoms with Gasteiger partial charge in [-0.15, -0.1) is 12.6 Å². The summed E-state index contributed by atoms with van der Waals surface area (Å²) in [4.78, 5) is 0. The van der Waals surface area contributed by atoms with Gasteiger partial charge in [-0.2, -0.15) is 5.26 Å². The Kier molecular flexibility index (Phi) is 23.9. The fraction of sp³-hybridized carbons (Fsp3) is 0. The van der Waals surface area contributed by atoms with Gasteiger partial charge in [-0.1, -0.05) is 0 Å². The van der Waals surface area contributed by atoms with Gasteiger partial charge in [0.05, 0.1) is 0 Å². The fourth-order valence-electron chi connectivity index (χ4n) is 0.0432. The molecule has 0 heterocycles. The molecule has 0 atom stereocenters. The van der Waals surface area contributed by atoms with Gasteiger partial charge >= 0.3 is 59.1 Å². The van der Waals surface area contributed by atoms with Gasteiger partial charge < -0.3 is 0 Å². The second kappa shape index (κ2) is 11.6. The van der Waals surface area contributed by atoms with Gasteiger partial charge in [0.1, 0.15) is 9.78 Å². The molecule has 2 nitrogen and oxygen atoms in total. The third kappa shape index (κ3) is 15.7. The number of hydrogen-bond donors (Lipinski definition) is 2. The van der Waals surface area contributed by atoms with Gasteiger partial charge in [0.25, 0.3) is 0 Å². The Bertz CT molecular complexity index is 98.7. The van der Waals surface area contributed by atoms with Crippen LogP contribution in [-0.2, 0) is 0 Å². The molecule has 1 N–H and O–H groups in total. The van der Waals surface area contributed by atoms with E-state index in [9.17, 15) is 0 Å². The van der Waals surface area contributed by atoms with Crippen molar-refractivity contribution in [3.63, 3.8) is 0 Å². The molecule has 0 amide bonds. The zero-order chi connectivity index (χ0) is 4.99. The minimum atomic E-state index is 0. The summed E-state index contributed by atoms with van der Waals surface area (Å²) in [5, 5.41) is 15.9. The quantitative estimate of drug-likeness (QED) is 0.172. The van der Waals surface area contributed by atoms with Gasteiger partial charge in [-0.3, -0.25) is 5.41 Å². The molecule has 0 aliphatic carbocycles. The van der Waals surface area contributed by atoms with Gasteiger partial charge in [0, 0.05) is 11.8 Å². The molecule has 0 aromatic rings. The van der Waals surface area contributed by atoms with E-state index < -0.39 is 0 Å². The van der Waals surface area contributed by atoms with E-state index in [1.165, 1.54) is 0 Å². The molecule has 0 aliphatic heterocycles. The summed E-state index contributed by atoms with van der Waals surface area (Å²) in [6, 6.07) is 0. The molecule has 6 heteroatoms. The van der Waals surface area contributed by atoms with Crippen LogP contribution in [0, 0.1) is 16.1 Å². The Labute approximate surface area is 102 Å². The molecule has 8 heavy (non-hydrogen) atoms. The van der Waals surface area contributed by atoms with Crippen LogP contribution in [0.4, 0.5) is 0 Å². The van der Waals surface area contributed by atoms with E-state index in [0.717, 1.165) is 11.8 Å². The van der Waals surface area contributed by atoms with Gasteiger partial charge in [-0.25, -0.2) is 0 Å². The number of thiol groups is 1. The Hall–Kier alpha value is 1.86. The monoisotopic (exact) mass is 166 g/mol. The van der Waals surface area contributed by atoms with E-state index in [4.69, 9.17) is 10.7 Å². The third-order valence-corrected chi connectivity index (χ3v) is 0.701. The van der Waals surface area contributed by atoms with Crippen LogP contribution in [0.3, 0.4) is 0 Å². The molecule has 0 saturated heterocycles. The zero-order valence-corrected chi connectivity index (χ0v) is 4.51. The predicted molar refractivity (Wildman–Crippen MR) is 44.2 cm³/mol. The second-order valence-electron chi connectivity index (χ2n) is 0.499. The summed E-state index contributed by atoms with van der Waals surface area (Å²) in [6.45, 7) is 0. The fourth-order valence-corrected chi connectivity index (χ4v) is 0.252. The van der Waals surface area contributed by atoms with E-state index in [1.54, 1.807) is 5.40 Å². The first-order chi connectivity index (χ1) is 2.77. The number of thiocyanates is 1. The van der Waals surface area contributed by atoms with Crippen molar-refractivity contribution >= 4 is 87.9 Å². The maximum atomic E-state index is 7.76. The molecular formula is C2H4N2Na2S2. The second-order valence-corrected chi connectivity index (χ2v) is 2.04. The standard InChI is InChI=1S/C2H2N2S2.2Na.2H/c3-1-6-2(4)5;;;;/h(H2,4,5);;;;. The summed E-state index contributed by atoms with van der Waals surface area (Å²) in [5.74, 6) is 0. The summed E-state index contributed by atoms with van der Waals surface area (Å²) in [7, 11) is 0. The van der Waals surface area contributed by atoms with Crippen molar-refractivity contribution in [2.45, 2.75) is 0 Å². The van der Waals surface area contributed by atoms with Crippen LogP contribution in [-0.4, -0.2) is 63.5 Å². The average Bonchev–Trinajstić information content (AvgIpc) is 1.35. The van der Waals surface area contributed by atoms with Crippen LogP contribution in [0.1, 0.15) is 0 Å². The van der Waals surface area contributed by atoms with Crippen molar-refractivity contribution in [1.29, 1.82) is 10.7 Å². The number of nitrogens with one attached hydrogen (secondary N) is 1. The third-order valence-electron chi connectivity index (χ3n) is 0.142. The van der Waals surface area contributed by atoms with E-state index >= 15 is 0 Å². The Balaban J connectivity index is -0.000000125. The minimum absolute atomic E-state index is 0. The van der Waals surface area contributed by atoms with Crippen LogP contribution in [0.15, 0.2) is 0 Å². The predicted octanol–water partition coefficient (Wildman–Crippen LogP) is -0.232. The van der Waals surface area contributed by atoms with Crippen LogP contribution < -0.4 is 0 Å². The molecule has 0 aromatic carbocycles. The number of nitriles is 1. The molecule has 0 radical (unpaired) electrons. The van der Waals surface area contributed by atoms with Crippen LogP contribution in [0.25, 0.3) is 0 Å². The Morgan fingerprint density at radius 3 is 2.00 bits per heavy atom. The van der Waals surface area contributed by atoms with Crippen molar-refractivity contribution in [1.82, 2.24) is 0 Å². The molecule has 0 fully saturated rings. The van der Waals surface area contributed by atoms with Crippen molar-refractivity contribution < 1.29 is 0 Å². The molecule has 0 bridgehead atoms. The van der Waals surface area contributed by atoms with E-state index in [1.807, 2.05) is 0 Å². The van der Waals surface area contributed by atoms with Gasteiger partial charge in [0.15, 0.2) is 0 Å². The SMILES string of the molecule is N#CSC(=N)S.[NaH].[NaH]. The Morgan fingerprint density at radius 2 is 2.00 bits per heavy atom.